The van der Waals surface area contributed by atoms with E-state index in [4.69, 9.17) is 27.2 Å². The molecule has 1 atom stereocenters. The maximum atomic E-state index is 12.9. The fourth-order valence-corrected chi connectivity index (χ4v) is 2.79. The van der Waals surface area contributed by atoms with E-state index in [9.17, 15) is 14.4 Å². The number of amides is 1. The number of anilines is 2. The van der Waals surface area contributed by atoms with Gasteiger partial charge in [-0.3, -0.25) is 9.59 Å². The van der Waals surface area contributed by atoms with Gasteiger partial charge >= 0.3 is 11.0 Å². The molecule has 148 valence electrons. The Morgan fingerprint density at radius 2 is 1.68 bits per heavy atom. The van der Waals surface area contributed by atoms with E-state index in [-0.39, 0.29) is 17.0 Å². The van der Waals surface area contributed by atoms with Crippen LogP contribution in [-0.4, -0.2) is 27.8 Å². The van der Waals surface area contributed by atoms with Crippen LogP contribution in [-0.2, 0) is 9.59 Å². The molecular formula is C20H21ClN2O5. The van der Waals surface area contributed by atoms with Gasteiger partial charge in [0.1, 0.15) is 5.75 Å². The second-order valence-electron chi connectivity index (χ2n) is 7.15. The predicted octanol–water partition coefficient (Wildman–Crippen LogP) is 3.53. The van der Waals surface area contributed by atoms with Crippen molar-refractivity contribution in [3.8, 4) is 5.75 Å². The molecule has 0 radical (unpaired) electrons. The van der Waals surface area contributed by atoms with Crippen molar-refractivity contribution in [2.45, 2.75) is 25.8 Å². The van der Waals surface area contributed by atoms with Crippen LogP contribution < -0.4 is 15.8 Å². The van der Waals surface area contributed by atoms with E-state index in [0.717, 1.165) is 0 Å². The fourth-order valence-electron chi connectivity index (χ4n) is 2.37. The van der Waals surface area contributed by atoms with Crippen LogP contribution in [0.5, 0.6) is 5.75 Å². The van der Waals surface area contributed by atoms with E-state index in [1.807, 2.05) is 0 Å². The number of ketones is 1. The van der Waals surface area contributed by atoms with Crippen molar-refractivity contribution in [3.63, 3.8) is 0 Å². The lowest BCUT2D eigenvalue weighted by Gasteiger charge is -2.31. The summed E-state index contributed by atoms with van der Waals surface area (Å²) in [4.78, 5) is 36.9. The summed E-state index contributed by atoms with van der Waals surface area (Å²) in [7, 11) is 0. The fraction of sp³-hybridized carbons (Fsp3) is 0.250. The highest BCUT2D eigenvalue weighted by atomic mass is 35.5. The van der Waals surface area contributed by atoms with Crippen molar-refractivity contribution in [3.05, 3.63) is 54.1 Å². The molecule has 0 saturated heterocycles. The molecule has 2 rings (SSSR count). The largest absolute Gasteiger partial charge is 0.478 e. The molecule has 0 bridgehead atoms. The third-order valence-corrected chi connectivity index (χ3v) is 4.23. The Kier molecular flexibility index (Phi) is 5.99. The molecule has 2 aromatic carbocycles. The summed E-state index contributed by atoms with van der Waals surface area (Å²) in [6.07, 6.45) is 0. The number of rotatable bonds is 6. The summed E-state index contributed by atoms with van der Waals surface area (Å²) in [5.74, 6) is -2.77. The number of benzene rings is 2. The van der Waals surface area contributed by atoms with Crippen LogP contribution in [0, 0.1) is 5.41 Å². The van der Waals surface area contributed by atoms with Crippen LogP contribution in [0.2, 0.25) is 0 Å². The first-order valence-corrected chi connectivity index (χ1v) is 8.75. The lowest BCUT2D eigenvalue weighted by molar-refractivity contribution is -0.144. The molecule has 0 fully saturated rings. The number of carboxylic acid groups (broad SMARTS) is 1. The molecule has 1 unspecified atom stereocenters. The van der Waals surface area contributed by atoms with Gasteiger partial charge in [0, 0.05) is 22.9 Å². The summed E-state index contributed by atoms with van der Waals surface area (Å²) in [6, 6.07) is 12.2. The molecule has 4 N–H and O–H groups in total. The number of Topliss-reactive ketones (excluding diaryl/α,β-unsaturated/α-hetero) is 1. The van der Waals surface area contributed by atoms with Crippen molar-refractivity contribution in [1.82, 2.24) is 0 Å². The molecule has 0 aliphatic rings. The first kappa shape index (κ1) is 21.2. The van der Waals surface area contributed by atoms with Crippen LogP contribution in [0.3, 0.4) is 0 Å². The quantitative estimate of drug-likeness (QED) is 0.385. The van der Waals surface area contributed by atoms with Gasteiger partial charge in [-0.25, -0.2) is 4.79 Å². The minimum atomic E-state index is -2.38. The number of para-hydroxylation sites is 1. The molecule has 0 heterocycles. The molecule has 7 nitrogen and oxygen atoms in total. The first-order chi connectivity index (χ1) is 12.9. The average Bonchev–Trinajstić information content (AvgIpc) is 2.60. The van der Waals surface area contributed by atoms with Crippen molar-refractivity contribution in [1.29, 1.82) is 0 Å². The van der Waals surface area contributed by atoms with Gasteiger partial charge in [0.05, 0.1) is 5.56 Å². The normalized spacial score (nSPS) is 13.3. The number of nitrogens with one attached hydrogen (secondary N) is 1. The minimum absolute atomic E-state index is 0.0155. The summed E-state index contributed by atoms with van der Waals surface area (Å²) < 4.78 is 5.57. The van der Waals surface area contributed by atoms with Gasteiger partial charge in [-0.2, -0.15) is 0 Å². The molecule has 1 amide bonds. The Bertz CT molecular complexity index is 909. The number of carbonyl (C=O) groups excluding carboxylic acids is 2. The lowest BCUT2D eigenvalue weighted by Crippen LogP contribution is -2.54. The minimum Gasteiger partial charge on any atom is -0.478 e. The standard InChI is InChI=1S/C20H21ClN2O5/c1-19(2,3)17(26)20(21,18(27)23-12-7-5-4-6-8-12)28-13-9-10-14(16(24)25)15(22)11-13/h4-11H,22H2,1-3H3,(H,23,27)(H,24,25). The third kappa shape index (κ3) is 4.61. The number of ether oxygens (including phenoxy) is 1. The van der Waals surface area contributed by atoms with Gasteiger partial charge in [0.25, 0.3) is 5.91 Å². The molecule has 8 heteroatoms. The van der Waals surface area contributed by atoms with Crippen molar-refractivity contribution < 1.29 is 24.2 Å². The van der Waals surface area contributed by atoms with E-state index in [1.54, 1.807) is 51.1 Å². The Labute approximate surface area is 167 Å². The number of hydrogen-bond donors (Lipinski definition) is 3. The van der Waals surface area contributed by atoms with Crippen LogP contribution in [0.15, 0.2) is 48.5 Å². The van der Waals surface area contributed by atoms with E-state index < -0.39 is 28.1 Å². The Balaban J connectivity index is 2.41. The van der Waals surface area contributed by atoms with Crippen molar-refractivity contribution >= 4 is 40.6 Å². The van der Waals surface area contributed by atoms with E-state index in [1.165, 1.54) is 18.2 Å². The molecule has 0 aliphatic carbocycles. The van der Waals surface area contributed by atoms with E-state index in [2.05, 4.69) is 5.32 Å². The SMILES string of the molecule is CC(C)(C)C(=O)C(Cl)(Oc1ccc(C(=O)O)c(N)c1)C(=O)Nc1ccccc1. The van der Waals surface area contributed by atoms with Gasteiger partial charge in [0.2, 0.25) is 5.78 Å². The highest BCUT2D eigenvalue weighted by Crippen LogP contribution is 2.33. The Morgan fingerprint density at radius 3 is 2.18 bits per heavy atom. The lowest BCUT2D eigenvalue weighted by atomic mass is 9.86. The smallest absolute Gasteiger partial charge is 0.337 e. The van der Waals surface area contributed by atoms with Crippen LogP contribution in [0.25, 0.3) is 0 Å². The highest BCUT2D eigenvalue weighted by molar-refractivity contribution is 6.47. The second kappa shape index (κ2) is 7.90. The Morgan fingerprint density at radius 1 is 1.07 bits per heavy atom. The molecule has 0 aliphatic heterocycles. The number of hydrogen-bond acceptors (Lipinski definition) is 5. The third-order valence-electron chi connectivity index (χ3n) is 3.81. The number of nitrogen functional groups attached to an aromatic ring is 1. The number of carbonyl (C=O) groups is 3. The van der Waals surface area contributed by atoms with Crippen LogP contribution >= 0.6 is 11.6 Å². The molecule has 2 aromatic rings. The zero-order valence-corrected chi connectivity index (χ0v) is 16.4. The highest BCUT2D eigenvalue weighted by Gasteiger charge is 2.51. The van der Waals surface area contributed by atoms with Crippen molar-refractivity contribution in [2.75, 3.05) is 11.1 Å². The molecular weight excluding hydrogens is 384 g/mol. The van der Waals surface area contributed by atoms with Crippen LogP contribution in [0.1, 0.15) is 31.1 Å². The summed E-state index contributed by atoms with van der Waals surface area (Å²) in [5.41, 5.74) is 4.93. The number of aromatic carboxylic acids is 1. The maximum Gasteiger partial charge on any atom is 0.337 e. The summed E-state index contributed by atoms with van der Waals surface area (Å²) in [6.45, 7) is 4.81. The monoisotopic (exact) mass is 404 g/mol. The first-order valence-electron chi connectivity index (χ1n) is 8.37. The van der Waals surface area contributed by atoms with E-state index in [0.29, 0.717) is 5.69 Å². The number of halogens is 1. The molecule has 0 spiro atoms. The molecule has 0 saturated carbocycles. The predicted molar refractivity (Wildman–Crippen MR) is 107 cm³/mol. The van der Waals surface area contributed by atoms with E-state index >= 15 is 0 Å². The maximum absolute atomic E-state index is 12.9. The second-order valence-corrected chi connectivity index (χ2v) is 7.68. The average molecular weight is 405 g/mol. The number of carboxylic acids is 1. The van der Waals surface area contributed by atoms with Gasteiger partial charge in [-0.1, -0.05) is 50.6 Å². The zero-order chi connectivity index (χ0) is 21.1. The molecule has 28 heavy (non-hydrogen) atoms. The summed E-state index contributed by atoms with van der Waals surface area (Å²) in [5, 5.41) is 9.25. The number of alkyl halides is 1. The van der Waals surface area contributed by atoms with Gasteiger partial charge in [0.15, 0.2) is 0 Å². The van der Waals surface area contributed by atoms with Gasteiger partial charge < -0.3 is 20.9 Å². The zero-order valence-electron chi connectivity index (χ0n) is 15.7. The Hall–Kier alpha value is -3.06. The van der Waals surface area contributed by atoms with Gasteiger partial charge in [-0.15, -0.1) is 0 Å². The van der Waals surface area contributed by atoms with Crippen LogP contribution in [0.4, 0.5) is 11.4 Å². The molecule has 0 aromatic heterocycles. The summed E-state index contributed by atoms with van der Waals surface area (Å²) >= 11 is 6.42. The number of nitrogens with two attached hydrogens (primary N) is 1. The topological polar surface area (TPSA) is 119 Å². The van der Waals surface area contributed by atoms with Gasteiger partial charge in [-0.05, 0) is 24.3 Å². The van der Waals surface area contributed by atoms with Crippen molar-refractivity contribution in [2.24, 2.45) is 5.41 Å².